The second-order valence-corrected chi connectivity index (χ2v) is 5.74. The number of methoxy groups -OCH3 is 1. The third-order valence-electron chi connectivity index (χ3n) is 3.80. The molecule has 0 aliphatic rings. The third-order valence-corrected chi connectivity index (χ3v) is 3.80. The number of nitrogens with zero attached hydrogens (tertiary/aromatic N) is 3. The van der Waals surface area contributed by atoms with Gasteiger partial charge in [0.1, 0.15) is 5.75 Å². The molecule has 7 nitrogen and oxygen atoms in total. The fourth-order valence-electron chi connectivity index (χ4n) is 2.43. The molecule has 0 atom stereocenters. The number of pyridine rings is 1. The monoisotopic (exact) mass is 352 g/mol. The van der Waals surface area contributed by atoms with E-state index in [9.17, 15) is 4.79 Å². The van der Waals surface area contributed by atoms with Crippen LogP contribution in [0.15, 0.2) is 53.3 Å². The van der Waals surface area contributed by atoms with Crippen LogP contribution in [0.25, 0.3) is 11.4 Å². The van der Waals surface area contributed by atoms with Gasteiger partial charge in [-0.1, -0.05) is 23.4 Å². The molecule has 3 rings (SSSR count). The van der Waals surface area contributed by atoms with E-state index in [-0.39, 0.29) is 5.91 Å². The molecule has 0 bridgehead atoms. The molecule has 26 heavy (non-hydrogen) atoms. The van der Waals surface area contributed by atoms with Gasteiger partial charge in [-0.05, 0) is 30.2 Å². The zero-order chi connectivity index (χ0) is 18.2. The molecule has 2 heterocycles. The summed E-state index contributed by atoms with van der Waals surface area (Å²) < 4.78 is 10.5. The maximum atomic E-state index is 11.9. The number of nitrogens with one attached hydrogen (secondary N) is 1. The van der Waals surface area contributed by atoms with Gasteiger partial charge in [0.25, 0.3) is 0 Å². The smallest absolute Gasteiger partial charge is 0.226 e. The van der Waals surface area contributed by atoms with Gasteiger partial charge in [-0.2, -0.15) is 4.98 Å². The molecular formula is C19H20N4O3. The van der Waals surface area contributed by atoms with E-state index in [1.54, 1.807) is 19.5 Å². The molecule has 0 radical (unpaired) electrons. The molecule has 1 N–H and O–H groups in total. The van der Waals surface area contributed by atoms with Crippen molar-refractivity contribution in [2.24, 2.45) is 0 Å². The normalized spacial score (nSPS) is 10.5. The molecule has 0 saturated carbocycles. The Bertz CT molecular complexity index is 849. The summed E-state index contributed by atoms with van der Waals surface area (Å²) in [5, 5.41) is 6.86. The fourth-order valence-corrected chi connectivity index (χ4v) is 2.43. The largest absolute Gasteiger partial charge is 0.497 e. The Hall–Kier alpha value is -3.22. The fraction of sp³-hybridized carbons (Fsp3) is 0.263. The summed E-state index contributed by atoms with van der Waals surface area (Å²) in [5.74, 6) is 1.75. The lowest BCUT2D eigenvalue weighted by molar-refractivity contribution is -0.121. The Morgan fingerprint density at radius 2 is 2.19 bits per heavy atom. The van der Waals surface area contributed by atoms with Crippen LogP contribution in [0, 0.1) is 0 Å². The summed E-state index contributed by atoms with van der Waals surface area (Å²) in [6.07, 6.45) is 5.03. The Labute approximate surface area is 151 Å². The number of rotatable bonds is 8. The van der Waals surface area contributed by atoms with E-state index in [4.69, 9.17) is 9.26 Å². The zero-order valence-corrected chi connectivity index (χ0v) is 14.5. The van der Waals surface area contributed by atoms with Crippen molar-refractivity contribution in [3.05, 3.63) is 60.2 Å². The highest BCUT2D eigenvalue weighted by atomic mass is 16.5. The van der Waals surface area contributed by atoms with Gasteiger partial charge in [0.2, 0.25) is 17.6 Å². The van der Waals surface area contributed by atoms with Gasteiger partial charge in [0.05, 0.1) is 7.11 Å². The average molecular weight is 352 g/mol. The number of ether oxygens (including phenoxy) is 1. The second kappa shape index (κ2) is 8.75. The van der Waals surface area contributed by atoms with E-state index in [0.717, 1.165) is 16.9 Å². The number of hydrogen-bond donors (Lipinski definition) is 1. The van der Waals surface area contributed by atoms with Gasteiger partial charge in [0, 0.05) is 37.3 Å². The number of benzene rings is 1. The maximum absolute atomic E-state index is 11.9. The predicted octanol–water partition coefficient (Wildman–Crippen LogP) is 2.78. The Morgan fingerprint density at radius 3 is 3.00 bits per heavy atom. The molecule has 0 unspecified atom stereocenters. The number of aromatic nitrogens is 3. The van der Waals surface area contributed by atoms with Crippen LogP contribution in [-0.4, -0.2) is 28.1 Å². The summed E-state index contributed by atoms with van der Waals surface area (Å²) in [5.41, 5.74) is 1.80. The maximum Gasteiger partial charge on any atom is 0.226 e. The average Bonchev–Trinajstić information content (AvgIpc) is 3.16. The van der Waals surface area contributed by atoms with Gasteiger partial charge in [-0.15, -0.1) is 0 Å². The van der Waals surface area contributed by atoms with Crippen molar-refractivity contribution < 1.29 is 14.1 Å². The summed E-state index contributed by atoms with van der Waals surface area (Å²) in [7, 11) is 1.61. The van der Waals surface area contributed by atoms with Crippen molar-refractivity contribution in [1.29, 1.82) is 0 Å². The summed E-state index contributed by atoms with van der Waals surface area (Å²) in [6.45, 7) is 0.479. The minimum absolute atomic E-state index is 0.0126. The van der Waals surface area contributed by atoms with Gasteiger partial charge in [0.15, 0.2) is 0 Å². The molecule has 0 saturated heterocycles. The van der Waals surface area contributed by atoms with Crippen LogP contribution in [0.5, 0.6) is 5.75 Å². The molecule has 0 aliphatic carbocycles. The molecule has 7 heteroatoms. The minimum atomic E-state index is -0.0126. The minimum Gasteiger partial charge on any atom is -0.497 e. The summed E-state index contributed by atoms with van der Waals surface area (Å²) >= 11 is 0. The molecule has 3 aromatic rings. The van der Waals surface area contributed by atoms with Gasteiger partial charge < -0.3 is 14.6 Å². The second-order valence-electron chi connectivity index (χ2n) is 5.74. The molecule has 2 aromatic heterocycles. The van der Waals surface area contributed by atoms with Crippen LogP contribution in [0.1, 0.15) is 24.3 Å². The van der Waals surface area contributed by atoms with Crippen LogP contribution >= 0.6 is 0 Å². The zero-order valence-electron chi connectivity index (χ0n) is 14.5. The van der Waals surface area contributed by atoms with E-state index >= 15 is 0 Å². The number of amides is 1. The molecular weight excluding hydrogens is 332 g/mol. The lowest BCUT2D eigenvalue weighted by atomic mass is 10.2. The molecule has 134 valence electrons. The van der Waals surface area contributed by atoms with Crippen molar-refractivity contribution in [3.63, 3.8) is 0 Å². The number of carbonyl (C=O) groups excluding carboxylic acids is 1. The van der Waals surface area contributed by atoms with Crippen molar-refractivity contribution >= 4 is 5.91 Å². The molecule has 0 aliphatic heterocycles. The first-order chi connectivity index (χ1) is 12.7. The number of hydrogen-bond acceptors (Lipinski definition) is 6. The molecule has 0 fully saturated rings. The van der Waals surface area contributed by atoms with Crippen LogP contribution in [0.3, 0.4) is 0 Å². The lowest BCUT2D eigenvalue weighted by Gasteiger charge is -2.04. The quantitative estimate of drug-likeness (QED) is 0.670. The highest BCUT2D eigenvalue weighted by Gasteiger charge is 2.10. The van der Waals surface area contributed by atoms with Crippen LogP contribution in [-0.2, 0) is 17.8 Å². The van der Waals surface area contributed by atoms with Crippen LogP contribution in [0.2, 0.25) is 0 Å². The summed E-state index contributed by atoms with van der Waals surface area (Å²) in [6, 6.07) is 11.2. The van der Waals surface area contributed by atoms with Gasteiger partial charge >= 0.3 is 0 Å². The number of carbonyl (C=O) groups is 1. The van der Waals surface area contributed by atoms with E-state index in [0.29, 0.717) is 37.5 Å². The third kappa shape index (κ3) is 4.89. The Kier molecular flexibility index (Phi) is 5.92. The van der Waals surface area contributed by atoms with Crippen molar-refractivity contribution in [3.8, 4) is 17.1 Å². The van der Waals surface area contributed by atoms with Crippen LogP contribution in [0.4, 0.5) is 0 Å². The molecule has 0 spiro atoms. The van der Waals surface area contributed by atoms with E-state index in [1.807, 2.05) is 36.4 Å². The number of aryl methyl sites for hydroxylation is 1. The first-order valence-electron chi connectivity index (χ1n) is 8.37. The van der Waals surface area contributed by atoms with E-state index in [2.05, 4.69) is 20.4 Å². The predicted molar refractivity (Wildman–Crippen MR) is 95.3 cm³/mol. The molecule has 1 aromatic carbocycles. The van der Waals surface area contributed by atoms with Crippen molar-refractivity contribution in [2.45, 2.75) is 25.8 Å². The van der Waals surface area contributed by atoms with E-state index in [1.165, 1.54) is 0 Å². The molecule has 1 amide bonds. The summed E-state index contributed by atoms with van der Waals surface area (Å²) in [4.78, 5) is 20.3. The van der Waals surface area contributed by atoms with Crippen LogP contribution < -0.4 is 10.1 Å². The highest BCUT2D eigenvalue weighted by Crippen LogP contribution is 2.21. The SMILES string of the molecule is COc1cccc(-c2noc(CCCC(=O)NCc3cccnc3)n2)c1. The highest BCUT2D eigenvalue weighted by molar-refractivity contribution is 5.75. The topological polar surface area (TPSA) is 90.1 Å². The van der Waals surface area contributed by atoms with Gasteiger partial charge in [-0.25, -0.2) is 0 Å². The lowest BCUT2D eigenvalue weighted by Crippen LogP contribution is -2.22. The van der Waals surface area contributed by atoms with Gasteiger partial charge in [-0.3, -0.25) is 9.78 Å². The first-order valence-corrected chi connectivity index (χ1v) is 8.37. The Balaban J connectivity index is 1.45. The first kappa shape index (κ1) is 17.6. The Morgan fingerprint density at radius 1 is 1.27 bits per heavy atom. The van der Waals surface area contributed by atoms with E-state index < -0.39 is 0 Å². The standard InChI is InChI=1S/C19H20N4O3/c1-25-16-7-2-6-15(11-16)19-22-18(26-23-19)9-3-8-17(24)21-13-14-5-4-10-20-12-14/h2,4-7,10-12H,3,8-9,13H2,1H3,(H,21,24). The van der Waals surface area contributed by atoms with Crippen molar-refractivity contribution in [2.75, 3.05) is 7.11 Å². The van der Waals surface area contributed by atoms with Crippen molar-refractivity contribution in [1.82, 2.24) is 20.4 Å².